The Morgan fingerprint density at radius 3 is 2.40 bits per heavy atom. The number of carboxylic acid groups (broad SMARTS) is 1. The summed E-state index contributed by atoms with van der Waals surface area (Å²) in [5.41, 5.74) is 1.66. The lowest BCUT2D eigenvalue weighted by Crippen LogP contribution is -2.48. The van der Waals surface area contributed by atoms with Crippen LogP contribution in [0.3, 0.4) is 0 Å². The normalized spacial score (nSPS) is 15.8. The van der Waals surface area contributed by atoms with Gasteiger partial charge in [-0.3, -0.25) is 19.8 Å². The molecule has 1 heterocycles. The molecule has 3 rings (SSSR count). The van der Waals surface area contributed by atoms with Crippen LogP contribution in [-0.4, -0.2) is 89.2 Å². The van der Waals surface area contributed by atoms with Crippen molar-refractivity contribution >= 4 is 17.7 Å². The molecule has 1 atom stereocenters. The molecule has 10 nitrogen and oxygen atoms in total. The van der Waals surface area contributed by atoms with E-state index in [4.69, 9.17) is 4.74 Å². The third kappa shape index (κ3) is 8.89. The number of hydrogen-bond acceptors (Lipinski definition) is 7. The monoisotopic (exact) mass is 552 g/mol. The number of nitro benzene ring substituents is 1. The Morgan fingerprint density at radius 1 is 1.18 bits per heavy atom. The molecule has 10 heteroatoms. The van der Waals surface area contributed by atoms with Crippen molar-refractivity contribution in [3.05, 3.63) is 88.5 Å². The Morgan fingerprint density at radius 2 is 1.82 bits per heavy atom. The van der Waals surface area contributed by atoms with Crippen LogP contribution in [0.2, 0.25) is 0 Å². The predicted octanol–water partition coefficient (Wildman–Crippen LogP) is 4.55. The fourth-order valence-corrected chi connectivity index (χ4v) is 5.35. The van der Waals surface area contributed by atoms with Crippen molar-refractivity contribution in [3.63, 3.8) is 0 Å². The first-order valence-electron chi connectivity index (χ1n) is 13.6. The molecule has 1 saturated heterocycles. The summed E-state index contributed by atoms with van der Waals surface area (Å²) in [6.45, 7) is 9.58. The van der Waals surface area contributed by atoms with Crippen molar-refractivity contribution in [3.8, 4) is 0 Å². The van der Waals surface area contributed by atoms with Gasteiger partial charge in [-0.2, -0.15) is 0 Å². The van der Waals surface area contributed by atoms with Crippen LogP contribution in [0.25, 0.3) is 0 Å². The summed E-state index contributed by atoms with van der Waals surface area (Å²) < 4.78 is 5.54. The molecule has 1 unspecified atom stereocenters. The standard InChI is InChI=1S/C30H40N4O6/c1-4-17-33(29(37)40-22-24-10-12-27(13-11-24)34(38)39)26-14-18-32(19-15-26)20-16-30(2,23-31(3)21-28(35)36)25-8-6-5-7-9-25/h4-13,26H,1,14-23H2,2-3H3,(H,35,36). The van der Waals surface area contributed by atoms with Gasteiger partial charge < -0.3 is 19.6 Å². The van der Waals surface area contributed by atoms with Gasteiger partial charge in [-0.15, -0.1) is 6.58 Å². The van der Waals surface area contributed by atoms with Crippen molar-refractivity contribution in [2.24, 2.45) is 0 Å². The summed E-state index contributed by atoms with van der Waals surface area (Å²) in [6.07, 6.45) is 3.76. The number of carbonyl (C=O) groups is 2. The molecule has 0 aliphatic carbocycles. The third-order valence-electron chi connectivity index (χ3n) is 7.54. The van der Waals surface area contributed by atoms with Crippen LogP contribution in [0.15, 0.2) is 67.3 Å². The number of nitro groups is 1. The van der Waals surface area contributed by atoms with Gasteiger partial charge in [0.25, 0.3) is 5.69 Å². The van der Waals surface area contributed by atoms with E-state index in [0.29, 0.717) is 18.7 Å². The number of likely N-dealkylation sites (N-methyl/N-ethyl adjacent to an activating group) is 1. The second kappa shape index (κ2) is 14.6. The SMILES string of the molecule is C=CCN(C(=O)OCc1ccc([N+](=O)[O-])cc1)C1CCN(CCC(C)(CN(C)CC(=O)O)c2ccccc2)CC1. The Balaban J connectivity index is 1.55. The lowest BCUT2D eigenvalue weighted by Gasteiger charge is -2.40. The second-order valence-electron chi connectivity index (χ2n) is 10.7. The summed E-state index contributed by atoms with van der Waals surface area (Å²) in [7, 11) is 1.84. The number of piperidine rings is 1. The van der Waals surface area contributed by atoms with Gasteiger partial charge in [0, 0.05) is 49.8 Å². The largest absolute Gasteiger partial charge is 0.480 e. The van der Waals surface area contributed by atoms with E-state index < -0.39 is 17.0 Å². The fraction of sp³-hybridized carbons (Fsp3) is 0.467. The molecule has 2 aromatic rings. The number of rotatable bonds is 14. The van der Waals surface area contributed by atoms with E-state index in [1.54, 1.807) is 23.1 Å². The molecule has 2 aromatic carbocycles. The lowest BCUT2D eigenvalue weighted by molar-refractivity contribution is -0.384. The van der Waals surface area contributed by atoms with E-state index in [1.807, 2.05) is 30.1 Å². The van der Waals surface area contributed by atoms with Crippen molar-refractivity contribution < 1.29 is 24.4 Å². The quantitative estimate of drug-likeness (QED) is 0.206. The Labute approximate surface area is 236 Å². The molecule has 0 radical (unpaired) electrons. The summed E-state index contributed by atoms with van der Waals surface area (Å²) in [5, 5.41) is 20.1. The first kappa shape index (κ1) is 30.8. The topological polar surface area (TPSA) is 116 Å². The van der Waals surface area contributed by atoms with Gasteiger partial charge in [-0.25, -0.2) is 4.79 Å². The molecule has 0 aromatic heterocycles. The molecule has 1 fully saturated rings. The highest BCUT2D eigenvalue weighted by atomic mass is 16.6. The smallest absolute Gasteiger partial charge is 0.410 e. The van der Waals surface area contributed by atoms with Crippen LogP contribution in [0.4, 0.5) is 10.5 Å². The highest BCUT2D eigenvalue weighted by molar-refractivity contribution is 5.69. The molecule has 1 amide bonds. The molecule has 216 valence electrons. The number of benzene rings is 2. The van der Waals surface area contributed by atoms with Gasteiger partial charge in [0.2, 0.25) is 0 Å². The van der Waals surface area contributed by atoms with E-state index in [-0.39, 0.29) is 30.3 Å². The van der Waals surface area contributed by atoms with Gasteiger partial charge in [-0.1, -0.05) is 43.3 Å². The average Bonchev–Trinajstić information content (AvgIpc) is 2.94. The molecule has 0 spiro atoms. The fourth-order valence-electron chi connectivity index (χ4n) is 5.35. The molecule has 1 N–H and O–H groups in total. The number of non-ortho nitro benzene ring substituents is 1. The summed E-state index contributed by atoms with van der Waals surface area (Å²) in [4.78, 5) is 40.6. The number of ether oxygens (including phenoxy) is 1. The predicted molar refractivity (Wildman–Crippen MR) is 153 cm³/mol. The number of nitrogens with zero attached hydrogens (tertiary/aromatic N) is 4. The minimum absolute atomic E-state index is 0.00670. The third-order valence-corrected chi connectivity index (χ3v) is 7.54. The van der Waals surface area contributed by atoms with Crippen LogP contribution in [0, 0.1) is 10.1 Å². The molecule has 0 bridgehead atoms. The Hall–Kier alpha value is -3.76. The highest BCUT2D eigenvalue weighted by Gasteiger charge is 2.32. The van der Waals surface area contributed by atoms with E-state index in [9.17, 15) is 24.8 Å². The minimum Gasteiger partial charge on any atom is -0.480 e. The molecular formula is C30H40N4O6. The number of amides is 1. The zero-order valence-corrected chi connectivity index (χ0v) is 23.4. The zero-order chi connectivity index (χ0) is 29.1. The van der Waals surface area contributed by atoms with Crippen LogP contribution in [0.1, 0.15) is 37.3 Å². The van der Waals surface area contributed by atoms with Crippen molar-refractivity contribution in [1.29, 1.82) is 0 Å². The highest BCUT2D eigenvalue weighted by Crippen LogP contribution is 2.30. The van der Waals surface area contributed by atoms with Crippen molar-refractivity contribution in [2.45, 2.75) is 44.2 Å². The maximum Gasteiger partial charge on any atom is 0.410 e. The van der Waals surface area contributed by atoms with Crippen molar-refractivity contribution in [1.82, 2.24) is 14.7 Å². The van der Waals surface area contributed by atoms with Crippen LogP contribution in [0.5, 0.6) is 0 Å². The number of aliphatic carboxylic acids is 1. The maximum absolute atomic E-state index is 12.9. The average molecular weight is 553 g/mol. The lowest BCUT2D eigenvalue weighted by atomic mass is 9.78. The molecule has 40 heavy (non-hydrogen) atoms. The van der Waals surface area contributed by atoms with Gasteiger partial charge >= 0.3 is 12.1 Å². The van der Waals surface area contributed by atoms with E-state index >= 15 is 0 Å². The molecule has 0 saturated carbocycles. The van der Waals surface area contributed by atoms with Crippen LogP contribution >= 0.6 is 0 Å². The van der Waals surface area contributed by atoms with E-state index in [2.05, 4.69) is 30.5 Å². The van der Waals surface area contributed by atoms with Gasteiger partial charge in [-0.05, 0) is 56.1 Å². The number of carboxylic acids is 1. The molecule has 1 aliphatic heterocycles. The zero-order valence-electron chi connectivity index (χ0n) is 23.4. The summed E-state index contributed by atoms with van der Waals surface area (Å²) >= 11 is 0. The number of carbonyl (C=O) groups excluding carboxylic acids is 1. The Kier molecular flexibility index (Phi) is 11.2. The first-order valence-corrected chi connectivity index (χ1v) is 13.6. The van der Waals surface area contributed by atoms with Gasteiger partial charge in [0.05, 0.1) is 11.5 Å². The minimum atomic E-state index is -0.838. The number of likely N-dealkylation sites (tertiary alicyclic amines) is 1. The van der Waals surface area contributed by atoms with Crippen molar-refractivity contribution in [2.75, 3.05) is 46.3 Å². The molecule has 1 aliphatic rings. The second-order valence-corrected chi connectivity index (χ2v) is 10.7. The first-order chi connectivity index (χ1) is 19.1. The molecular weight excluding hydrogens is 512 g/mol. The number of hydrogen-bond donors (Lipinski definition) is 1. The van der Waals surface area contributed by atoms with Crippen LogP contribution < -0.4 is 0 Å². The maximum atomic E-state index is 12.9. The van der Waals surface area contributed by atoms with Gasteiger partial charge in [0.1, 0.15) is 6.61 Å². The van der Waals surface area contributed by atoms with E-state index in [0.717, 1.165) is 38.9 Å². The Bertz CT molecular complexity index is 1130. The van der Waals surface area contributed by atoms with Crippen LogP contribution in [-0.2, 0) is 21.6 Å². The summed E-state index contributed by atoms with van der Waals surface area (Å²) in [5.74, 6) is -0.838. The van der Waals surface area contributed by atoms with E-state index in [1.165, 1.54) is 17.7 Å². The summed E-state index contributed by atoms with van der Waals surface area (Å²) in [6, 6.07) is 16.2. The van der Waals surface area contributed by atoms with Gasteiger partial charge in [0.15, 0.2) is 0 Å².